The van der Waals surface area contributed by atoms with Gasteiger partial charge in [-0.3, -0.25) is 9.80 Å². The number of fused-ring (bicyclic) bond motifs is 1. The Morgan fingerprint density at radius 2 is 1.86 bits per heavy atom. The van der Waals surface area contributed by atoms with Crippen molar-refractivity contribution in [2.75, 3.05) is 44.7 Å². The third kappa shape index (κ3) is 5.71. The number of pyridine rings is 1. The van der Waals surface area contributed by atoms with E-state index >= 15 is 0 Å². The van der Waals surface area contributed by atoms with Crippen molar-refractivity contribution in [3.63, 3.8) is 0 Å². The van der Waals surface area contributed by atoms with E-state index in [0.29, 0.717) is 29.0 Å². The number of nitrogens with zero attached hydrogens (tertiary/aromatic N) is 6. The van der Waals surface area contributed by atoms with Crippen LogP contribution in [0.3, 0.4) is 0 Å². The molecule has 4 N–H and O–H groups in total. The van der Waals surface area contributed by atoms with Crippen LogP contribution in [0.5, 0.6) is 11.5 Å². The van der Waals surface area contributed by atoms with Crippen molar-refractivity contribution in [2.45, 2.75) is 12.5 Å². The lowest BCUT2D eigenvalue weighted by Gasteiger charge is -2.31. The number of nitrogens with two attached hydrogens (primary N) is 2. The number of carbonyl (C=O) groups is 1. The summed E-state index contributed by atoms with van der Waals surface area (Å²) >= 11 is 0. The summed E-state index contributed by atoms with van der Waals surface area (Å²) in [6.45, 7) is 0. The molecule has 1 unspecified atom stereocenters. The van der Waals surface area contributed by atoms with Crippen LogP contribution in [-0.4, -0.2) is 60.3 Å². The van der Waals surface area contributed by atoms with Gasteiger partial charge in [-0.25, -0.2) is 9.97 Å². The minimum Gasteiger partial charge on any atom is -0.493 e. The van der Waals surface area contributed by atoms with Crippen LogP contribution in [0.4, 0.5) is 17.6 Å². The number of hydrazone groups is 1. The molecule has 1 atom stereocenters. The van der Waals surface area contributed by atoms with Crippen LogP contribution in [0.25, 0.3) is 0 Å². The average Bonchev–Trinajstić information content (AvgIpc) is 3.00. The average molecular weight is 565 g/mol. The molecule has 0 saturated carbocycles. The monoisotopic (exact) mass is 564 g/mol. The van der Waals surface area contributed by atoms with E-state index in [9.17, 15) is 4.79 Å². The van der Waals surface area contributed by atoms with Gasteiger partial charge in [-0.05, 0) is 34.9 Å². The van der Waals surface area contributed by atoms with E-state index in [2.05, 4.69) is 26.1 Å². The molecule has 2 aromatic heterocycles. The third-order valence-electron chi connectivity index (χ3n) is 6.92. The zero-order chi connectivity index (χ0) is 29.8. The zero-order valence-electron chi connectivity index (χ0n) is 23.9. The number of ketones is 1. The summed E-state index contributed by atoms with van der Waals surface area (Å²) in [6.07, 6.45) is 8.70. The second kappa shape index (κ2) is 12.0. The van der Waals surface area contributed by atoms with Crippen molar-refractivity contribution in [3.8, 4) is 11.5 Å². The standard InChI is InChI=1S/C31H32N8O3/c1-38(2)27-10-9-21(16-34-27)28-23-8-6-5-7-20(23)18-36-39(28)12-11-25(40)24-14-19(15-26(41-3)29(24)42-4)13-22-17-35-31(33)37-30(22)32/h5-12,14-18,28H,13H2,1-4H3,(H4,32,33,35,37)/b12-11+. The molecule has 0 spiro atoms. The Bertz CT molecular complexity index is 1670. The summed E-state index contributed by atoms with van der Waals surface area (Å²) in [7, 11) is 6.90. The molecule has 42 heavy (non-hydrogen) atoms. The predicted octanol–water partition coefficient (Wildman–Crippen LogP) is 3.85. The maximum absolute atomic E-state index is 13.7. The molecule has 0 fully saturated rings. The molecule has 0 amide bonds. The lowest BCUT2D eigenvalue weighted by molar-refractivity contribution is 0.104. The van der Waals surface area contributed by atoms with Crippen molar-refractivity contribution >= 4 is 29.6 Å². The highest BCUT2D eigenvalue weighted by molar-refractivity contribution is 6.07. The number of methoxy groups -OCH3 is 2. The zero-order valence-corrected chi connectivity index (χ0v) is 23.9. The molecule has 11 nitrogen and oxygen atoms in total. The first-order valence-corrected chi connectivity index (χ1v) is 13.2. The summed E-state index contributed by atoms with van der Waals surface area (Å²) in [6, 6.07) is 15.3. The molecule has 1 aliphatic heterocycles. The van der Waals surface area contributed by atoms with Gasteiger partial charge in [-0.1, -0.05) is 30.3 Å². The number of hydrogen-bond donors (Lipinski definition) is 2. The van der Waals surface area contributed by atoms with Crippen molar-refractivity contribution < 1.29 is 14.3 Å². The molecule has 11 heteroatoms. The van der Waals surface area contributed by atoms with E-state index in [1.54, 1.807) is 35.8 Å². The molecular formula is C31H32N8O3. The number of hydrogen-bond acceptors (Lipinski definition) is 11. The number of allylic oxidation sites excluding steroid dienone is 1. The fourth-order valence-electron chi connectivity index (χ4n) is 4.83. The Morgan fingerprint density at radius 1 is 1.05 bits per heavy atom. The van der Waals surface area contributed by atoms with Gasteiger partial charge in [0.15, 0.2) is 17.3 Å². The van der Waals surface area contributed by atoms with Gasteiger partial charge in [-0.2, -0.15) is 10.1 Å². The number of benzene rings is 2. The molecule has 0 bridgehead atoms. The maximum atomic E-state index is 13.7. The maximum Gasteiger partial charge on any atom is 0.221 e. The number of nitrogen functional groups attached to an aromatic ring is 2. The molecule has 5 rings (SSSR count). The SMILES string of the molecule is COc1cc(Cc2cnc(N)nc2N)cc(C(=O)/C=C/N2N=Cc3ccccc3C2c2ccc(N(C)C)nc2)c1OC. The highest BCUT2D eigenvalue weighted by Crippen LogP contribution is 2.36. The summed E-state index contributed by atoms with van der Waals surface area (Å²) in [5, 5.41) is 6.41. The molecule has 3 heterocycles. The van der Waals surface area contributed by atoms with Crippen molar-refractivity contribution in [1.82, 2.24) is 20.0 Å². The van der Waals surface area contributed by atoms with Crippen molar-refractivity contribution in [2.24, 2.45) is 5.10 Å². The molecule has 1 aliphatic rings. The Labute approximate surface area is 244 Å². The second-order valence-electron chi connectivity index (χ2n) is 9.87. The minimum atomic E-state index is -0.289. The van der Waals surface area contributed by atoms with Crippen LogP contribution in [-0.2, 0) is 6.42 Å². The Morgan fingerprint density at radius 3 is 2.55 bits per heavy atom. The van der Waals surface area contributed by atoms with Crippen LogP contribution in [0.1, 0.15) is 44.2 Å². The van der Waals surface area contributed by atoms with Gasteiger partial charge >= 0.3 is 0 Å². The quantitative estimate of drug-likeness (QED) is 0.227. The summed E-state index contributed by atoms with van der Waals surface area (Å²) in [5.74, 6) is 1.66. The Balaban J connectivity index is 1.49. The van der Waals surface area contributed by atoms with Crippen molar-refractivity contribution in [1.29, 1.82) is 0 Å². The van der Waals surface area contributed by atoms with E-state index in [4.69, 9.17) is 20.9 Å². The molecule has 4 aromatic rings. The molecule has 2 aromatic carbocycles. The predicted molar refractivity (Wildman–Crippen MR) is 163 cm³/mol. The Hall–Kier alpha value is -5.45. The fourth-order valence-corrected chi connectivity index (χ4v) is 4.83. The molecule has 0 aliphatic carbocycles. The number of anilines is 3. The van der Waals surface area contributed by atoms with Gasteiger partial charge in [0.2, 0.25) is 5.95 Å². The lowest BCUT2D eigenvalue weighted by atomic mass is 9.94. The largest absolute Gasteiger partial charge is 0.493 e. The molecular weight excluding hydrogens is 532 g/mol. The van der Waals surface area contributed by atoms with Crippen LogP contribution >= 0.6 is 0 Å². The summed E-state index contributed by atoms with van der Waals surface area (Å²) in [5.41, 5.74) is 16.4. The third-order valence-corrected chi connectivity index (χ3v) is 6.92. The number of rotatable bonds is 9. The van der Waals surface area contributed by atoms with Crippen LogP contribution < -0.4 is 25.8 Å². The topological polar surface area (TPSA) is 145 Å². The van der Waals surface area contributed by atoms with Gasteiger partial charge in [0.25, 0.3) is 0 Å². The molecule has 0 saturated heterocycles. The van der Waals surface area contributed by atoms with E-state index < -0.39 is 0 Å². The Kier molecular flexibility index (Phi) is 8.00. The molecule has 0 radical (unpaired) electrons. The van der Waals surface area contributed by atoms with E-state index in [-0.39, 0.29) is 23.6 Å². The first-order chi connectivity index (χ1) is 20.3. The van der Waals surface area contributed by atoms with Gasteiger partial charge in [0.05, 0.1) is 26.0 Å². The normalized spacial score (nSPS) is 14.1. The van der Waals surface area contributed by atoms with E-state index in [1.807, 2.05) is 55.5 Å². The fraction of sp³-hybridized carbons (Fsp3) is 0.194. The van der Waals surface area contributed by atoms with Gasteiger partial charge in [0, 0.05) is 56.3 Å². The number of aromatic nitrogens is 3. The highest BCUT2D eigenvalue weighted by Gasteiger charge is 2.26. The smallest absolute Gasteiger partial charge is 0.221 e. The lowest BCUT2D eigenvalue weighted by Crippen LogP contribution is -2.25. The van der Waals surface area contributed by atoms with E-state index in [1.165, 1.54) is 20.3 Å². The number of ether oxygens (including phenoxy) is 2. The summed E-state index contributed by atoms with van der Waals surface area (Å²) < 4.78 is 11.2. The highest BCUT2D eigenvalue weighted by atomic mass is 16.5. The van der Waals surface area contributed by atoms with Crippen LogP contribution in [0, 0.1) is 0 Å². The van der Waals surface area contributed by atoms with Crippen molar-refractivity contribution in [3.05, 3.63) is 107 Å². The second-order valence-corrected chi connectivity index (χ2v) is 9.87. The van der Waals surface area contributed by atoms with Crippen LogP contribution in [0.15, 0.2) is 78.3 Å². The van der Waals surface area contributed by atoms with Gasteiger partial charge < -0.3 is 25.8 Å². The van der Waals surface area contributed by atoms with Gasteiger partial charge in [-0.15, -0.1) is 0 Å². The first kappa shape index (κ1) is 28.1. The van der Waals surface area contributed by atoms with Crippen LogP contribution in [0.2, 0.25) is 0 Å². The first-order valence-electron chi connectivity index (χ1n) is 13.2. The number of carbonyl (C=O) groups excluding carboxylic acids is 1. The molecule has 214 valence electrons. The summed E-state index contributed by atoms with van der Waals surface area (Å²) in [4.78, 5) is 28.3. The minimum absolute atomic E-state index is 0.0929. The van der Waals surface area contributed by atoms with Gasteiger partial charge in [0.1, 0.15) is 17.7 Å². The van der Waals surface area contributed by atoms with E-state index in [0.717, 1.165) is 28.1 Å².